The fourth-order valence-electron chi connectivity index (χ4n) is 2.22. The lowest BCUT2D eigenvalue weighted by Crippen LogP contribution is -2.25. The lowest BCUT2D eigenvalue weighted by Gasteiger charge is -2.26. The number of hydrogen-bond donors (Lipinski definition) is 2. The zero-order valence-corrected chi connectivity index (χ0v) is 9.01. The molecule has 14 heavy (non-hydrogen) atoms. The molecule has 1 aliphatic heterocycles. The maximum atomic E-state index is 11.2. The summed E-state index contributed by atoms with van der Waals surface area (Å²) in [6, 6.07) is 0. The molecule has 0 spiro atoms. The Morgan fingerprint density at radius 2 is 2.21 bits per heavy atom. The number of carbonyl (C=O) groups is 1. The molecule has 0 aromatic carbocycles. The Hall–Kier alpha value is -0.570. The Balaban J connectivity index is 2.41. The molecule has 0 saturated carbocycles. The molecule has 3 heteroatoms. The van der Waals surface area contributed by atoms with Crippen molar-refractivity contribution in [3.8, 4) is 0 Å². The summed E-state index contributed by atoms with van der Waals surface area (Å²) in [5, 5.41) is 11.9. The molecule has 2 N–H and O–H groups in total. The van der Waals surface area contributed by atoms with Crippen molar-refractivity contribution in [2.75, 3.05) is 13.2 Å². The van der Waals surface area contributed by atoms with Crippen LogP contribution in [0, 0.1) is 5.41 Å². The summed E-state index contributed by atoms with van der Waals surface area (Å²) in [4.78, 5) is 11.2. The van der Waals surface area contributed by atoms with E-state index in [1.807, 2.05) is 0 Å². The number of rotatable bonds is 6. The van der Waals surface area contributed by atoms with Gasteiger partial charge >= 0.3 is 0 Å². The third kappa shape index (κ3) is 2.98. The molecule has 0 bridgehead atoms. The van der Waals surface area contributed by atoms with Crippen molar-refractivity contribution < 1.29 is 9.90 Å². The van der Waals surface area contributed by atoms with Crippen molar-refractivity contribution in [1.82, 2.24) is 5.32 Å². The van der Waals surface area contributed by atoms with E-state index in [2.05, 4.69) is 12.2 Å². The van der Waals surface area contributed by atoms with Gasteiger partial charge in [0.15, 0.2) is 0 Å². The van der Waals surface area contributed by atoms with Crippen LogP contribution in [0.15, 0.2) is 0 Å². The molecule has 1 heterocycles. The normalized spacial score (nSPS) is 26.6. The second kappa shape index (κ2) is 5.35. The fourth-order valence-corrected chi connectivity index (χ4v) is 2.22. The van der Waals surface area contributed by atoms with Crippen LogP contribution in [0.3, 0.4) is 0 Å². The van der Waals surface area contributed by atoms with E-state index < -0.39 is 0 Å². The zero-order chi connectivity index (χ0) is 10.4. The summed E-state index contributed by atoms with van der Waals surface area (Å²) in [7, 11) is 0. The van der Waals surface area contributed by atoms with E-state index in [-0.39, 0.29) is 17.9 Å². The summed E-state index contributed by atoms with van der Waals surface area (Å²) in [5.74, 6) is 0.148. The number of hydrogen-bond acceptors (Lipinski definition) is 2. The second-order valence-corrected chi connectivity index (χ2v) is 4.38. The van der Waals surface area contributed by atoms with Crippen LogP contribution in [0.5, 0.6) is 0 Å². The molecular formula is C11H21NO2. The van der Waals surface area contributed by atoms with Gasteiger partial charge in [0.2, 0.25) is 5.91 Å². The first-order valence-corrected chi connectivity index (χ1v) is 5.60. The Labute approximate surface area is 85.9 Å². The van der Waals surface area contributed by atoms with Gasteiger partial charge in [0, 0.05) is 19.6 Å². The fraction of sp³-hybridized carbons (Fsp3) is 0.909. The summed E-state index contributed by atoms with van der Waals surface area (Å²) < 4.78 is 0. The molecule has 1 aliphatic rings. The predicted molar refractivity (Wildman–Crippen MR) is 55.9 cm³/mol. The largest absolute Gasteiger partial charge is 0.396 e. The van der Waals surface area contributed by atoms with Crippen LogP contribution >= 0.6 is 0 Å². The summed E-state index contributed by atoms with van der Waals surface area (Å²) in [5.41, 5.74) is 0.0566. The Bertz CT molecular complexity index is 194. The maximum absolute atomic E-state index is 11.2. The van der Waals surface area contributed by atoms with Crippen LogP contribution in [0.4, 0.5) is 0 Å². The summed E-state index contributed by atoms with van der Waals surface area (Å²) in [6.07, 6.45) is 6.04. The molecule has 1 rings (SSSR count). The average molecular weight is 199 g/mol. The van der Waals surface area contributed by atoms with E-state index in [0.29, 0.717) is 6.42 Å². The average Bonchev–Trinajstić information content (AvgIpc) is 2.49. The molecule has 0 aliphatic carbocycles. The molecule has 1 amide bonds. The number of amides is 1. The first-order chi connectivity index (χ1) is 6.72. The smallest absolute Gasteiger partial charge is 0.220 e. The highest BCUT2D eigenvalue weighted by atomic mass is 16.3. The molecule has 1 unspecified atom stereocenters. The molecule has 1 atom stereocenters. The first kappa shape index (κ1) is 11.5. The molecule has 0 aromatic rings. The minimum Gasteiger partial charge on any atom is -0.396 e. The lowest BCUT2D eigenvalue weighted by atomic mass is 9.79. The number of unbranched alkanes of at least 4 members (excludes halogenated alkanes) is 2. The van der Waals surface area contributed by atoms with Crippen molar-refractivity contribution >= 4 is 5.91 Å². The minimum atomic E-state index is 0.0566. The molecule has 0 aromatic heterocycles. The Kier molecular flexibility index (Phi) is 4.39. The maximum Gasteiger partial charge on any atom is 0.220 e. The van der Waals surface area contributed by atoms with Crippen molar-refractivity contribution in [2.24, 2.45) is 5.41 Å². The highest BCUT2D eigenvalue weighted by Gasteiger charge is 2.36. The van der Waals surface area contributed by atoms with Gasteiger partial charge in [-0.05, 0) is 18.3 Å². The van der Waals surface area contributed by atoms with Crippen molar-refractivity contribution in [3.05, 3.63) is 0 Å². The SMILES string of the molecule is CCCCCC1(CCO)CNC(=O)C1. The van der Waals surface area contributed by atoms with Gasteiger partial charge < -0.3 is 10.4 Å². The van der Waals surface area contributed by atoms with Crippen LogP contribution in [-0.4, -0.2) is 24.2 Å². The number of carbonyl (C=O) groups excluding carboxylic acids is 1. The molecule has 1 fully saturated rings. The van der Waals surface area contributed by atoms with Crippen LogP contribution < -0.4 is 5.32 Å². The summed E-state index contributed by atoms with van der Waals surface area (Å²) in [6.45, 7) is 3.13. The van der Waals surface area contributed by atoms with Crippen LogP contribution in [0.25, 0.3) is 0 Å². The van der Waals surface area contributed by atoms with Gasteiger partial charge in [-0.3, -0.25) is 4.79 Å². The predicted octanol–water partition coefficient (Wildman–Crippen LogP) is 1.46. The standard InChI is InChI=1S/C11H21NO2/c1-2-3-4-5-11(6-7-13)8-10(14)12-9-11/h13H,2-9H2,1H3,(H,12,14). The van der Waals surface area contributed by atoms with Gasteiger partial charge in [0.1, 0.15) is 0 Å². The minimum absolute atomic E-state index is 0.0566. The van der Waals surface area contributed by atoms with E-state index >= 15 is 0 Å². The van der Waals surface area contributed by atoms with Crippen LogP contribution in [-0.2, 0) is 4.79 Å². The monoisotopic (exact) mass is 199 g/mol. The van der Waals surface area contributed by atoms with Gasteiger partial charge in [-0.2, -0.15) is 0 Å². The van der Waals surface area contributed by atoms with E-state index in [1.54, 1.807) is 0 Å². The number of aliphatic hydroxyl groups excluding tert-OH is 1. The Morgan fingerprint density at radius 1 is 1.43 bits per heavy atom. The van der Waals surface area contributed by atoms with E-state index in [9.17, 15) is 4.79 Å². The highest BCUT2D eigenvalue weighted by molar-refractivity contribution is 5.79. The molecule has 0 radical (unpaired) electrons. The Morgan fingerprint density at radius 3 is 2.71 bits per heavy atom. The van der Waals surface area contributed by atoms with E-state index in [4.69, 9.17) is 5.11 Å². The van der Waals surface area contributed by atoms with Gasteiger partial charge in [-0.1, -0.05) is 26.2 Å². The van der Waals surface area contributed by atoms with Crippen molar-refractivity contribution in [1.29, 1.82) is 0 Å². The highest BCUT2D eigenvalue weighted by Crippen LogP contribution is 2.35. The quantitative estimate of drug-likeness (QED) is 0.636. The lowest BCUT2D eigenvalue weighted by molar-refractivity contribution is -0.119. The molecule has 1 saturated heterocycles. The molecular weight excluding hydrogens is 178 g/mol. The zero-order valence-electron chi connectivity index (χ0n) is 9.01. The molecule has 82 valence electrons. The van der Waals surface area contributed by atoms with E-state index in [0.717, 1.165) is 19.4 Å². The van der Waals surface area contributed by atoms with Gasteiger partial charge in [0.05, 0.1) is 0 Å². The van der Waals surface area contributed by atoms with Gasteiger partial charge in [-0.15, -0.1) is 0 Å². The first-order valence-electron chi connectivity index (χ1n) is 5.60. The number of aliphatic hydroxyl groups is 1. The van der Waals surface area contributed by atoms with Crippen LogP contribution in [0.2, 0.25) is 0 Å². The summed E-state index contributed by atoms with van der Waals surface area (Å²) >= 11 is 0. The second-order valence-electron chi connectivity index (χ2n) is 4.38. The number of nitrogens with one attached hydrogen (secondary N) is 1. The van der Waals surface area contributed by atoms with Crippen molar-refractivity contribution in [2.45, 2.75) is 45.4 Å². The van der Waals surface area contributed by atoms with Gasteiger partial charge in [-0.25, -0.2) is 0 Å². The topological polar surface area (TPSA) is 49.3 Å². The third-order valence-corrected chi connectivity index (χ3v) is 3.15. The van der Waals surface area contributed by atoms with E-state index in [1.165, 1.54) is 19.3 Å². The molecule has 3 nitrogen and oxygen atoms in total. The van der Waals surface area contributed by atoms with Gasteiger partial charge in [0.25, 0.3) is 0 Å². The van der Waals surface area contributed by atoms with Crippen LogP contribution in [0.1, 0.15) is 45.4 Å². The van der Waals surface area contributed by atoms with Crippen molar-refractivity contribution in [3.63, 3.8) is 0 Å². The third-order valence-electron chi connectivity index (χ3n) is 3.15.